The molecule has 5 rings (SSSR count). The van der Waals surface area contributed by atoms with Crippen LogP contribution in [0, 0.1) is 0 Å². The van der Waals surface area contributed by atoms with Crippen molar-refractivity contribution in [1.29, 1.82) is 0 Å². The lowest BCUT2D eigenvalue weighted by molar-refractivity contribution is -0.150. The first-order valence-electron chi connectivity index (χ1n) is 13.2. The Morgan fingerprint density at radius 1 is 1.37 bits per heavy atom. The number of aliphatic hydroxyl groups excluding tert-OH is 1. The number of H-pyrrole nitrogens is 1. The van der Waals surface area contributed by atoms with Crippen LogP contribution >= 0.6 is 7.75 Å². The number of hydrogen-bond donors (Lipinski definition) is 4. The number of benzene rings is 1. The van der Waals surface area contributed by atoms with E-state index >= 15 is 4.39 Å². The number of para-hydroxylation sites is 1. The number of aliphatic hydroxyl groups is 1. The molecule has 6 atom stereocenters. The molecule has 41 heavy (non-hydrogen) atoms. The molecule has 2 unspecified atom stereocenters. The van der Waals surface area contributed by atoms with Crippen LogP contribution in [0.15, 0.2) is 41.5 Å². The van der Waals surface area contributed by atoms with Crippen LogP contribution in [0.5, 0.6) is 5.75 Å². The Labute approximate surface area is 233 Å². The summed E-state index contributed by atoms with van der Waals surface area (Å²) in [5, 5.41) is 13.4. The Kier molecular flexibility index (Phi) is 8.17. The van der Waals surface area contributed by atoms with E-state index in [1.54, 1.807) is 30.3 Å². The van der Waals surface area contributed by atoms with Crippen molar-refractivity contribution in [3.8, 4) is 5.75 Å². The van der Waals surface area contributed by atoms with E-state index in [0.717, 1.165) is 43.5 Å². The fourth-order valence-electron chi connectivity index (χ4n) is 4.91. The van der Waals surface area contributed by atoms with Crippen LogP contribution in [-0.2, 0) is 23.4 Å². The van der Waals surface area contributed by atoms with E-state index in [2.05, 4.69) is 20.0 Å². The van der Waals surface area contributed by atoms with Crippen LogP contribution in [0.1, 0.15) is 45.8 Å². The van der Waals surface area contributed by atoms with E-state index in [1.807, 2.05) is 0 Å². The molecule has 1 aliphatic heterocycles. The third kappa shape index (κ3) is 6.14. The Morgan fingerprint density at radius 2 is 2.07 bits per heavy atom. The molecule has 1 saturated heterocycles. The summed E-state index contributed by atoms with van der Waals surface area (Å²) in [5.74, 6) is -0.659. The fraction of sp³-hybridized carbons (Fsp3) is 0.520. The molecule has 3 aromatic rings. The number of anilines is 1. The largest absolute Gasteiger partial charge is 0.461 e. The van der Waals surface area contributed by atoms with Crippen LogP contribution < -0.4 is 20.9 Å². The number of nitrogens with zero attached hydrogens (tertiary/aromatic N) is 3. The number of carbonyl (C=O) groups excluding carboxylic acids is 1. The first-order chi connectivity index (χ1) is 19.5. The van der Waals surface area contributed by atoms with Gasteiger partial charge < -0.3 is 24.8 Å². The second-order valence-electron chi connectivity index (χ2n) is 10.3. The summed E-state index contributed by atoms with van der Waals surface area (Å²) in [4.78, 5) is 35.1. The zero-order valence-corrected chi connectivity index (χ0v) is 23.3. The second-order valence-corrected chi connectivity index (χ2v) is 12.0. The first kappa shape index (κ1) is 29.1. The summed E-state index contributed by atoms with van der Waals surface area (Å²) < 4.78 is 53.4. The molecular formula is C25H32FN6O8P. The molecular weight excluding hydrogens is 562 g/mol. The average molecular weight is 595 g/mol. The Hall–Kier alpha value is -3.36. The van der Waals surface area contributed by atoms with Crippen molar-refractivity contribution in [1.82, 2.24) is 24.6 Å². The summed E-state index contributed by atoms with van der Waals surface area (Å²) in [6, 6.07) is 7.04. The summed E-state index contributed by atoms with van der Waals surface area (Å²) in [6.45, 7) is 1.97. The lowest BCUT2D eigenvalue weighted by Gasteiger charge is -2.25. The van der Waals surface area contributed by atoms with Gasteiger partial charge in [-0.2, -0.15) is 10.1 Å². The number of aromatic nitrogens is 4. The minimum absolute atomic E-state index is 0.0526. The van der Waals surface area contributed by atoms with Gasteiger partial charge in [0.2, 0.25) is 5.95 Å². The minimum atomic E-state index is -4.31. The number of alkyl halides is 1. The molecule has 3 heterocycles. The number of halogens is 1. The molecule has 1 aromatic carbocycles. The molecule has 2 aromatic heterocycles. The highest BCUT2D eigenvalue weighted by Crippen LogP contribution is 2.48. The number of hydrogen-bond acceptors (Lipinski definition) is 11. The van der Waals surface area contributed by atoms with Crippen LogP contribution in [-0.4, -0.2) is 67.2 Å². The predicted octanol–water partition coefficient (Wildman–Crippen LogP) is 2.36. The Morgan fingerprint density at radius 3 is 2.78 bits per heavy atom. The molecule has 1 aliphatic carbocycles. The molecule has 16 heteroatoms. The molecule has 222 valence electrons. The van der Waals surface area contributed by atoms with Gasteiger partial charge in [-0.3, -0.25) is 23.7 Å². The number of imidazole rings is 1. The van der Waals surface area contributed by atoms with E-state index < -0.39 is 56.0 Å². The van der Waals surface area contributed by atoms with Crippen molar-refractivity contribution in [3.05, 3.63) is 47.0 Å². The standard InChI is InChI=1S/C25H32FN6O8P/c1-14(22(35)38-15-8-6-7-9-15)31-41(36,40-16-10-4-3-5-11-16)37-12-17-19(33)25(2,26)23(39-17)32-13-28-18-20(32)29-24(27)30-21(18)34/h3-5,10-11,13-15,17,19,23,33H,6-9,12H2,1-2H3,(H,31,36)(H3,27,29,30,34)/t14?,17-,19-,23-,25-,41?/m1/s1. The number of aromatic amines is 1. The van der Waals surface area contributed by atoms with Gasteiger partial charge in [-0.25, -0.2) is 13.9 Å². The maximum atomic E-state index is 15.9. The van der Waals surface area contributed by atoms with E-state index in [1.165, 1.54) is 6.92 Å². The highest BCUT2D eigenvalue weighted by atomic mass is 31.2. The maximum Gasteiger partial charge on any atom is 0.459 e. The van der Waals surface area contributed by atoms with Gasteiger partial charge in [0.1, 0.15) is 30.1 Å². The number of fused-ring (bicyclic) bond motifs is 1. The van der Waals surface area contributed by atoms with Crippen molar-refractivity contribution in [2.75, 3.05) is 12.3 Å². The highest BCUT2D eigenvalue weighted by molar-refractivity contribution is 7.52. The smallest absolute Gasteiger partial charge is 0.459 e. The van der Waals surface area contributed by atoms with Gasteiger partial charge in [-0.05, 0) is 51.7 Å². The van der Waals surface area contributed by atoms with Gasteiger partial charge >= 0.3 is 13.7 Å². The van der Waals surface area contributed by atoms with E-state index in [-0.39, 0.29) is 29.0 Å². The maximum absolute atomic E-state index is 15.9. The number of nitrogens with two attached hydrogens (primary N) is 1. The van der Waals surface area contributed by atoms with Gasteiger partial charge in [0.05, 0.1) is 12.9 Å². The highest BCUT2D eigenvalue weighted by Gasteiger charge is 2.56. The number of carbonyl (C=O) groups is 1. The fourth-order valence-corrected chi connectivity index (χ4v) is 6.41. The monoisotopic (exact) mass is 594 g/mol. The molecule has 14 nitrogen and oxygen atoms in total. The molecule has 1 saturated carbocycles. The van der Waals surface area contributed by atoms with Crippen molar-refractivity contribution in [2.45, 2.75) is 75.8 Å². The van der Waals surface area contributed by atoms with Crippen LogP contribution in [0.3, 0.4) is 0 Å². The molecule has 2 fully saturated rings. The molecule has 0 bridgehead atoms. The van der Waals surface area contributed by atoms with E-state index in [4.69, 9.17) is 24.3 Å². The lowest BCUT2D eigenvalue weighted by Crippen LogP contribution is -2.41. The third-order valence-corrected chi connectivity index (χ3v) is 8.73. The number of esters is 1. The third-order valence-electron chi connectivity index (χ3n) is 7.09. The van der Waals surface area contributed by atoms with Crippen LogP contribution in [0.25, 0.3) is 11.2 Å². The van der Waals surface area contributed by atoms with Crippen molar-refractivity contribution >= 4 is 30.8 Å². The van der Waals surface area contributed by atoms with Crippen molar-refractivity contribution in [3.63, 3.8) is 0 Å². The number of rotatable bonds is 10. The first-order valence-corrected chi connectivity index (χ1v) is 14.7. The molecule has 2 aliphatic rings. The Balaban J connectivity index is 1.33. The summed E-state index contributed by atoms with van der Waals surface area (Å²) in [5.41, 5.74) is 2.44. The van der Waals surface area contributed by atoms with Crippen molar-refractivity contribution < 1.29 is 37.4 Å². The van der Waals surface area contributed by atoms with Crippen LogP contribution in [0.2, 0.25) is 0 Å². The number of nitrogen functional groups attached to an aromatic ring is 1. The molecule has 5 N–H and O–H groups in total. The van der Waals surface area contributed by atoms with E-state index in [9.17, 15) is 19.3 Å². The zero-order valence-electron chi connectivity index (χ0n) is 22.4. The topological polar surface area (TPSA) is 193 Å². The number of ether oxygens (including phenoxy) is 2. The van der Waals surface area contributed by atoms with Gasteiger partial charge in [0.15, 0.2) is 23.1 Å². The molecule has 0 spiro atoms. The Bertz CT molecular complexity index is 1490. The quantitative estimate of drug-likeness (QED) is 0.198. The van der Waals surface area contributed by atoms with Gasteiger partial charge in [0, 0.05) is 0 Å². The van der Waals surface area contributed by atoms with Gasteiger partial charge in [0.25, 0.3) is 5.56 Å². The van der Waals surface area contributed by atoms with Crippen molar-refractivity contribution in [2.24, 2.45) is 0 Å². The van der Waals surface area contributed by atoms with Gasteiger partial charge in [-0.1, -0.05) is 18.2 Å². The SMILES string of the molecule is CC(NP(=O)(OC[C@H]1O[C@@H](n2cnc3c(=O)[nH]c(N)nc32)[C@](C)(F)[C@@H]1O)Oc1ccccc1)C(=O)OC1CCCC1. The summed E-state index contributed by atoms with van der Waals surface area (Å²) in [6.07, 6.45) is -0.215. The van der Waals surface area contributed by atoms with Gasteiger partial charge in [-0.15, -0.1) is 0 Å². The van der Waals surface area contributed by atoms with E-state index in [0.29, 0.717) is 0 Å². The molecule has 0 radical (unpaired) electrons. The average Bonchev–Trinajstić information content (AvgIpc) is 3.63. The molecule has 0 amide bonds. The lowest BCUT2D eigenvalue weighted by atomic mass is 9.98. The normalized spacial score (nSPS) is 27.1. The second kappa shape index (κ2) is 11.5. The zero-order chi connectivity index (χ0) is 29.4. The summed E-state index contributed by atoms with van der Waals surface area (Å²) in [7, 11) is -4.31. The number of nitrogens with one attached hydrogen (secondary N) is 2. The predicted molar refractivity (Wildman–Crippen MR) is 144 cm³/mol. The minimum Gasteiger partial charge on any atom is -0.461 e. The van der Waals surface area contributed by atoms with Crippen LogP contribution in [0.4, 0.5) is 10.3 Å². The summed E-state index contributed by atoms with van der Waals surface area (Å²) >= 11 is 0.